The van der Waals surface area contributed by atoms with Gasteiger partial charge in [0.25, 0.3) is 0 Å². The van der Waals surface area contributed by atoms with Gasteiger partial charge in [-0.1, -0.05) is 12.1 Å². The van der Waals surface area contributed by atoms with Crippen molar-refractivity contribution in [2.75, 3.05) is 17.2 Å². The molecule has 1 aliphatic carbocycles. The van der Waals surface area contributed by atoms with Gasteiger partial charge in [0, 0.05) is 18.2 Å². The molecule has 0 aliphatic heterocycles. The van der Waals surface area contributed by atoms with Gasteiger partial charge in [0.05, 0.1) is 11.4 Å². The summed E-state index contributed by atoms with van der Waals surface area (Å²) in [5.41, 5.74) is 6.74. The molecule has 0 spiro atoms. The number of sulfone groups is 1. The summed E-state index contributed by atoms with van der Waals surface area (Å²) in [7, 11) is -2.89. The topological polar surface area (TPSA) is 90.9 Å². The lowest BCUT2D eigenvalue weighted by molar-refractivity contribution is 0.546. The minimum Gasteiger partial charge on any atom is -0.381 e. The number of hydrogen-bond acceptors (Lipinski definition) is 5. The van der Waals surface area contributed by atoms with Crippen LogP contribution >= 0.6 is 0 Å². The van der Waals surface area contributed by atoms with Crippen LogP contribution in [0.1, 0.15) is 37.8 Å². The molecular formula is C10H18N4O2S. The Kier molecular flexibility index (Phi) is 3.37. The van der Waals surface area contributed by atoms with E-state index < -0.39 is 9.84 Å². The lowest BCUT2D eigenvalue weighted by Gasteiger charge is -2.05. The zero-order valence-electron chi connectivity index (χ0n) is 9.96. The summed E-state index contributed by atoms with van der Waals surface area (Å²) >= 11 is 0. The third-order valence-electron chi connectivity index (χ3n) is 3.03. The van der Waals surface area contributed by atoms with Crippen molar-refractivity contribution in [2.24, 2.45) is 0 Å². The van der Waals surface area contributed by atoms with Crippen LogP contribution in [0.3, 0.4) is 0 Å². The Morgan fingerprint density at radius 2 is 2.18 bits per heavy atom. The number of anilines is 1. The van der Waals surface area contributed by atoms with Gasteiger partial charge in [-0.2, -0.15) is 0 Å². The Morgan fingerprint density at radius 3 is 2.76 bits per heavy atom. The third-order valence-corrected chi connectivity index (χ3v) is 4.82. The van der Waals surface area contributed by atoms with Crippen LogP contribution in [-0.2, 0) is 16.4 Å². The standard InChI is InChI=1S/C10H18N4O2S/c1-2-17(15,16)7-3-6-14-9(8-4-5-8)10(11)12-13-14/h8H,2-7,11H2,1H3. The molecule has 0 aromatic carbocycles. The lowest BCUT2D eigenvalue weighted by Crippen LogP contribution is -2.13. The molecule has 0 saturated heterocycles. The Hall–Kier alpha value is -1.11. The molecule has 96 valence electrons. The molecule has 1 aliphatic rings. The largest absolute Gasteiger partial charge is 0.381 e. The Balaban J connectivity index is 1.95. The van der Waals surface area contributed by atoms with Crippen LogP contribution in [0.4, 0.5) is 5.82 Å². The van der Waals surface area contributed by atoms with Crippen LogP contribution in [-0.4, -0.2) is 34.9 Å². The van der Waals surface area contributed by atoms with Gasteiger partial charge in [0.1, 0.15) is 9.84 Å². The lowest BCUT2D eigenvalue weighted by atomic mass is 10.3. The molecule has 0 bridgehead atoms. The van der Waals surface area contributed by atoms with E-state index in [1.165, 1.54) is 0 Å². The van der Waals surface area contributed by atoms with Crippen molar-refractivity contribution in [1.29, 1.82) is 0 Å². The number of rotatable bonds is 6. The van der Waals surface area contributed by atoms with Gasteiger partial charge in [-0.3, -0.25) is 0 Å². The predicted molar refractivity (Wildman–Crippen MR) is 65.4 cm³/mol. The Labute approximate surface area is 101 Å². The average Bonchev–Trinajstić information content (AvgIpc) is 3.04. The zero-order valence-corrected chi connectivity index (χ0v) is 10.8. The summed E-state index contributed by atoms with van der Waals surface area (Å²) in [6.45, 7) is 2.24. The van der Waals surface area contributed by atoms with Crippen molar-refractivity contribution in [3.8, 4) is 0 Å². The van der Waals surface area contributed by atoms with E-state index in [4.69, 9.17) is 5.73 Å². The van der Waals surface area contributed by atoms with Crippen molar-refractivity contribution < 1.29 is 8.42 Å². The van der Waals surface area contributed by atoms with E-state index in [-0.39, 0.29) is 11.5 Å². The number of nitrogen functional groups attached to an aromatic ring is 1. The minimum absolute atomic E-state index is 0.196. The Bertz CT molecular complexity index is 490. The minimum atomic E-state index is -2.89. The van der Waals surface area contributed by atoms with E-state index in [1.54, 1.807) is 11.6 Å². The second kappa shape index (κ2) is 4.64. The molecule has 0 atom stereocenters. The van der Waals surface area contributed by atoms with Crippen molar-refractivity contribution in [2.45, 2.75) is 38.6 Å². The van der Waals surface area contributed by atoms with E-state index in [0.717, 1.165) is 18.5 Å². The first-order chi connectivity index (χ1) is 8.03. The van der Waals surface area contributed by atoms with Crippen molar-refractivity contribution >= 4 is 15.7 Å². The molecule has 0 unspecified atom stereocenters. The average molecular weight is 258 g/mol. The molecule has 17 heavy (non-hydrogen) atoms. The monoisotopic (exact) mass is 258 g/mol. The zero-order chi connectivity index (χ0) is 12.5. The molecule has 1 aromatic rings. The smallest absolute Gasteiger partial charge is 0.169 e. The maximum Gasteiger partial charge on any atom is 0.169 e. The second-order valence-electron chi connectivity index (χ2n) is 4.45. The maximum absolute atomic E-state index is 11.4. The van der Waals surface area contributed by atoms with E-state index >= 15 is 0 Å². The molecule has 0 amide bonds. The highest BCUT2D eigenvalue weighted by atomic mass is 32.2. The molecule has 0 radical (unpaired) electrons. The maximum atomic E-state index is 11.4. The first-order valence-electron chi connectivity index (χ1n) is 5.93. The van der Waals surface area contributed by atoms with Crippen LogP contribution in [0, 0.1) is 0 Å². The number of nitrogens with zero attached hydrogens (tertiary/aromatic N) is 3. The molecule has 7 heteroatoms. The first kappa shape index (κ1) is 12.3. The van der Waals surface area contributed by atoms with E-state index in [2.05, 4.69) is 10.3 Å². The summed E-state index contributed by atoms with van der Waals surface area (Å²) in [5.74, 6) is 1.37. The summed E-state index contributed by atoms with van der Waals surface area (Å²) in [6.07, 6.45) is 2.83. The Morgan fingerprint density at radius 1 is 1.47 bits per heavy atom. The molecule has 2 N–H and O–H groups in total. The van der Waals surface area contributed by atoms with E-state index in [1.807, 2.05) is 0 Å². The highest BCUT2D eigenvalue weighted by molar-refractivity contribution is 7.91. The third kappa shape index (κ3) is 2.96. The molecule has 1 fully saturated rings. The van der Waals surface area contributed by atoms with E-state index in [0.29, 0.717) is 24.7 Å². The van der Waals surface area contributed by atoms with Gasteiger partial charge in [-0.25, -0.2) is 13.1 Å². The number of hydrogen-bond donors (Lipinski definition) is 1. The first-order valence-corrected chi connectivity index (χ1v) is 7.75. The van der Waals surface area contributed by atoms with Crippen LogP contribution < -0.4 is 5.73 Å². The molecular weight excluding hydrogens is 240 g/mol. The molecule has 6 nitrogen and oxygen atoms in total. The van der Waals surface area contributed by atoms with Gasteiger partial charge in [-0.05, 0) is 19.3 Å². The number of nitrogens with two attached hydrogens (primary N) is 1. The van der Waals surface area contributed by atoms with Crippen LogP contribution in [0.15, 0.2) is 0 Å². The number of aromatic nitrogens is 3. The fourth-order valence-corrected chi connectivity index (χ4v) is 2.71. The van der Waals surface area contributed by atoms with Crippen LogP contribution in [0.2, 0.25) is 0 Å². The van der Waals surface area contributed by atoms with E-state index in [9.17, 15) is 8.42 Å². The molecule has 2 rings (SSSR count). The molecule has 1 aromatic heterocycles. The summed E-state index contributed by atoms with van der Waals surface area (Å²) in [6, 6.07) is 0. The normalized spacial score (nSPS) is 16.3. The summed E-state index contributed by atoms with van der Waals surface area (Å²) in [4.78, 5) is 0. The highest BCUT2D eigenvalue weighted by Crippen LogP contribution is 2.41. The van der Waals surface area contributed by atoms with Gasteiger partial charge in [0.2, 0.25) is 0 Å². The highest BCUT2D eigenvalue weighted by Gasteiger charge is 2.30. The van der Waals surface area contributed by atoms with Gasteiger partial charge in [-0.15, -0.1) is 5.10 Å². The fraction of sp³-hybridized carbons (Fsp3) is 0.800. The fourth-order valence-electron chi connectivity index (χ4n) is 1.85. The van der Waals surface area contributed by atoms with Gasteiger partial charge < -0.3 is 5.73 Å². The van der Waals surface area contributed by atoms with Crippen LogP contribution in [0.5, 0.6) is 0 Å². The quantitative estimate of drug-likeness (QED) is 0.805. The second-order valence-corrected chi connectivity index (χ2v) is 6.92. The summed E-state index contributed by atoms with van der Waals surface area (Å²) in [5, 5.41) is 7.82. The molecule has 1 saturated carbocycles. The SMILES string of the molecule is CCS(=O)(=O)CCCn1nnc(N)c1C1CC1. The number of aryl methyl sites for hydroxylation is 1. The molecule has 1 heterocycles. The van der Waals surface area contributed by atoms with Crippen molar-refractivity contribution in [3.05, 3.63) is 5.69 Å². The van der Waals surface area contributed by atoms with Crippen molar-refractivity contribution in [3.63, 3.8) is 0 Å². The van der Waals surface area contributed by atoms with Crippen molar-refractivity contribution in [1.82, 2.24) is 15.0 Å². The summed E-state index contributed by atoms with van der Waals surface area (Å²) < 4.78 is 24.5. The van der Waals surface area contributed by atoms with Crippen LogP contribution in [0.25, 0.3) is 0 Å². The van der Waals surface area contributed by atoms with Gasteiger partial charge >= 0.3 is 0 Å². The predicted octanol–water partition coefficient (Wildman–Crippen LogP) is 0.563. The van der Waals surface area contributed by atoms with Gasteiger partial charge in [0.15, 0.2) is 5.82 Å².